The number of halogens is 1. The van der Waals surface area contributed by atoms with Gasteiger partial charge in [0.15, 0.2) is 0 Å². The fourth-order valence-electron chi connectivity index (χ4n) is 0. The average Bonchev–Trinajstić information content (AvgIpc) is 1.60. The van der Waals surface area contributed by atoms with Gasteiger partial charge in [0.05, 0.1) is 0 Å². The molecule has 0 bridgehead atoms. The molecule has 12 heavy (non-hydrogen) atoms. The van der Waals surface area contributed by atoms with Gasteiger partial charge in [-0.15, -0.1) is 15.8 Å². The molecule has 5 heteroatoms. The van der Waals surface area contributed by atoms with E-state index in [1.807, 2.05) is 0 Å². The number of hydrogen-bond donors (Lipinski definition) is 0. The van der Waals surface area contributed by atoms with E-state index in [1.165, 1.54) is 0 Å². The fraction of sp³-hybridized carbons (Fsp3) is 0.857. The first-order valence-electron chi connectivity index (χ1n) is 3.08. The zero-order valence-corrected chi connectivity index (χ0v) is 13.5. The summed E-state index contributed by atoms with van der Waals surface area (Å²) < 4.78 is 0. The summed E-state index contributed by atoms with van der Waals surface area (Å²) in [5.74, 6) is 0.972. The van der Waals surface area contributed by atoms with Crippen LogP contribution in [-0.4, -0.2) is 45.7 Å². The first-order chi connectivity index (χ1) is 4.88. The molecule has 0 aliphatic rings. The molecule has 0 rings (SSSR count). The van der Waals surface area contributed by atoms with Crippen molar-refractivity contribution in [3.05, 3.63) is 0 Å². The Morgan fingerprint density at radius 1 is 0.917 bits per heavy atom. The maximum Gasteiger partial charge on any atom is 0 e. The minimum absolute atomic E-state index is 0. The van der Waals surface area contributed by atoms with Crippen LogP contribution in [0, 0.1) is 0 Å². The third kappa shape index (κ3) is 582. The van der Waals surface area contributed by atoms with Crippen LogP contribution >= 0.6 is 27.4 Å². The maximum atomic E-state index is 8.45. The van der Waals surface area contributed by atoms with Crippen molar-refractivity contribution in [2.24, 2.45) is 0 Å². The second-order valence-electron chi connectivity index (χ2n) is 2.76. The van der Waals surface area contributed by atoms with E-state index in [9.17, 15) is 0 Å². The molecule has 1 nitrogen and oxygen atoms in total. The average molecular weight is 408 g/mol. The Kier molecular flexibility index (Phi) is 44.5. The van der Waals surface area contributed by atoms with Crippen LogP contribution in [0.15, 0.2) is 0 Å². The van der Waals surface area contributed by atoms with Gasteiger partial charge in [0, 0.05) is 20.1 Å². The summed E-state index contributed by atoms with van der Waals surface area (Å²) in [6, 6.07) is 0. The molecular formula is C7H18ClIrOP2-. The molecule has 0 N–H and O–H groups in total. The Labute approximate surface area is 97.9 Å². The van der Waals surface area contributed by atoms with Crippen molar-refractivity contribution in [2.75, 3.05) is 40.0 Å². The van der Waals surface area contributed by atoms with Gasteiger partial charge in [0.25, 0.3) is 0 Å². The predicted octanol–water partition coefficient (Wildman–Crippen LogP) is 3.01. The van der Waals surface area contributed by atoms with Crippen LogP contribution in [0.25, 0.3) is 0 Å². The molecule has 0 saturated heterocycles. The summed E-state index contributed by atoms with van der Waals surface area (Å²) in [5.41, 5.74) is 0. The molecule has 1 radical (unpaired) electrons. The van der Waals surface area contributed by atoms with Gasteiger partial charge in [-0.05, 0) is 40.0 Å². The smallest absolute Gasteiger partial charge is 0 e. The van der Waals surface area contributed by atoms with Crippen molar-refractivity contribution >= 4 is 33.2 Å². The van der Waals surface area contributed by atoms with Gasteiger partial charge in [-0.2, -0.15) is 5.75 Å². The van der Waals surface area contributed by atoms with E-state index >= 15 is 0 Å². The van der Waals surface area contributed by atoms with Gasteiger partial charge in [0.1, 0.15) is 0 Å². The van der Waals surface area contributed by atoms with Crippen molar-refractivity contribution in [1.29, 1.82) is 0 Å². The van der Waals surface area contributed by atoms with E-state index in [0.717, 1.165) is 5.75 Å². The summed E-state index contributed by atoms with van der Waals surface area (Å²) in [6.45, 7) is 13.4. The quantitative estimate of drug-likeness (QED) is 0.343. The van der Waals surface area contributed by atoms with Crippen LogP contribution < -0.4 is 0 Å². The molecular weight excluding hydrogens is 390 g/mol. The monoisotopic (exact) mass is 408 g/mol. The largest absolute Gasteiger partial charge is 0.525 e. The van der Waals surface area contributed by atoms with Crippen molar-refractivity contribution in [3.8, 4) is 0 Å². The van der Waals surface area contributed by atoms with Crippen LogP contribution in [-0.2, 0) is 24.9 Å². The molecule has 0 atom stereocenters. The Morgan fingerprint density at radius 3 is 0.917 bits per heavy atom. The van der Waals surface area contributed by atoms with E-state index in [4.69, 9.17) is 4.79 Å². The van der Waals surface area contributed by atoms with E-state index in [0.29, 0.717) is 15.8 Å². The third-order valence-corrected chi connectivity index (χ3v) is 0. The number of carbonyl (C=O) groups excluding carboxylic acids is 1. The number of hydrogen-bond acceptors (Lipinski definition) is 1. The third-order valence-electron chi connectivity index (χ3n) is 0. The van der Waals surface area contributed by atoms with E-state index in [-0.39, 0.29) is 20.1 Å². The molecule has 0 heterocycles. The van der Waals surface area contributed by atoms with Crippen molar-refractivity contribution < 1.29 is 24.9 Å². The normalized spacial score (nSPS) is 7.08. The molecule has 0 aromatic carbocycles. The minimum atomic E-state index is 0. The molecule has 79 valence electrons. The van der Waals surface area contributed by atoms with Gasteiger partial charge in [-0.25, -0.2) is 0 Å². The fourth-order valence-corrected chi connectivity index (χ4v) is 0. The molecule has 0 saturated carbocycles. The van der Waals surface area contributed by atoms with Crippen LogP contribution in [0.3, 0.4) is 0 Å². The van der Waals surface area contributed by atoms with Crippen LogP contribution in [0.1, 0.15) is 0 Å². The Bertz CT molecular complexity index is 60.9. The molecule has 0 aliphatic heterocycles. The van der Waals surface area contributed by atoms with E-state index in [1.54, 1.807) is 0 Å². The van der Waals surface area contributed by atoms with Crippen LogP contribution in [0.5, 0.6) is 0 Å². The summed E-state index contributed by atoms with van der Waals surface area (Å²) in [6.07, 6.45) is 0. The van der Waals surface area contributed by atoms with Crippen molar-refractivity contribution in [1.82, 2.24) is 0 Å². The van der Waals surface area contributed by atoms with Gasteiger partial charge < -0.3 is 16.4 Å². The summed E-state index contributed by atoms with van der Waals surface area (Å²) in [5, 5.41) is 0. The first-order valence-corrected chi connectivity index (χ1v) is 8.82. The van der Waals surface area contributed by atoms with Crippen LogP contribution in [0.4, 0.5) is 0 Å². The molecule has 0 aliphatic carbocycles. The molecule has 0 aromatic rings. The second-order valence-corrected chi connectivity index (χ2v) is 8.28. The first kappa shape index (κ1) is 23.4. The molecule has 0 amide bonds. The van der Waals surface area contributed by atoms with Crippen LogP contribution in [0.2, 0.25) is 0 Å². The Balaban J connectivity index is -0.0000000389. The zero-order chi connectivity index (χ0) is 9.86. The maximum absolute atomic E-state index is 8.45. The molecule has 0 fully saturated rings. The molecule has 0 unspecified atom stereocenters. The van der Waals surface area contributed by atoms with Gasteiger partial charge in [-0.1, -0.05) is 0 Å². The predicted molar refractivity (Wildman–Crippen MR) is 60.9 cm³/mol. The van der Waals surface area contributed by atoms with E-state index in [2.05, 4.69) is 51.6 Å². The Morgan fingerprint density at radius 2 is 0.917 bits per heavy atom. The SMILES string of the molecule is CP(C)C.CP(C)C.O=[C-]Cl.[Ir]. The standard InChI is InChI=1S/2C3H9P.CClO.Ir/c2*1-4(2)3;2-1-3;/h2*1-3H3;;/q;;-1;. The number of rotatable bonds is 0. The topological polar surface area (TPSA) is 17.1 Å². The van der Waals surface area contributed by atoms with Gasteiger partial charge in [0.2, 0.25) is 0 Å². The Hall–Kier alpha value is 1.47. The van der Waals surface area contributed by atoms with Crippen molar-refractivity contribution in [2.45, 2.75) is 0 Å². The minimum Gasteiger partial charge on any atom is -0.525 e. The summed E-state index contributed by atoms with van der Waals surface area (Å²) >= 11 is 4.19. The molecule has 0 spiro atoms. The zero-order valence-electron chi connectivity index (χ0n) is 8.51. The summed E-state index contributed by atoms with van der Waals surface area (Å²) in [7, 11) is 0.759. The van der Waals surface area contributed by atoms with Crippen molar-refractivity contribution in [3.63, 3.8) is 0 Å². The van der Waals surface area contributed by atoms with Gasteiger partial charge >= 0.3 is 0 Å². The molecule has 0 aromatic heterocycles. The van der Waals surface area contributed by atoms with E-state index < -0.39 is 0 Å². The summed E-state index contributed by atoms with van der Waals surface area (Å²) in [4.78, 5) is 8.45. The van der Waals surface area contributed by atoms with Gasteiger partial charge in [-0.3, -0.25) is 0 Å². The second kappa shape index (κ2) is 22.9.